The summed E-state index contributed by atoms with van der Waals surface area (Å²) in [4.78, 5) is 42.2. The standard InChI is InChI=1S/C14H17N5O3/c15-13(21)10-2-1-3-11(16-10)17-14(22)19-7-12(20)18(8-19)6-9-4-5-9/h1-3,9H,4-8H2,(H2,15,21)(H,16,17,22). The fourth-order valence-corrected chi connectivity index (χ4v) is 2.34. The Hall–Kier alpha value is -2.64. The fraction of sp³-hybridized carbons (Fsp3) is 0.429. The Balaban J connectivity index is 1.61. The number of hydrogen-bond acceptors (Lipinski definition) is 4. The highest BCUT2D eigenvalue weighted by molar-refractivity contribution is 5.95. The first-order valence-corrected chi connectivity index (χ1v) is 7.13. The molecule has 1 aromatic heterocycles. The van der Waals surface area contributed by atoms with E-state index in [1.165, 1.54) is 11.0 Å². The predicted octanol–water partition coefficient (Wildman–Crippen LogP) is 0.224. The van der Waals surface area contributed by atoms with Gasteiger partial charge in [0.2, 0.25) is 5.91 Å². The molecule has 2 heterocycles. The highest BCUT2D eigenvalue weighted by Gasteiger charge is 2.34. The van der Waals surface area contributed by atoms with Crippen molar-refractivity contribution in [3.63, 3.8) is 0 Å². The highest BCUT2D eigenvalue weighted by atomic mass is 16.2. The number of hydrogen-bond donors (Lipinski definition) is 2. The van der Waals surface area contributed by atoms with Crippen molar-refractivity contribution >= 4 is 23.7 Å². The van der Waals surface area contributed by atoms with Crippen LogP contribution in [0.2, 0.25) is 0 Å². The molecule has 0 unspecified atom stereocenters. The van der Waals surface area contributed by atoms with Crippen LogP contribution in [-0.4, -0.2) is 52.4 Å². The van der Waals surface area contributed by atoms with E-state index >= 15 is 0 Å². The topological polar surface area (TPSA) is 109 Å². The van der Waals surface area contributed by atoms with Gasteiger partial charge in [-0.1, -0.05) is 6.07 Å². The van der Waals surface area contributed by atoms with Crippen LogP contribution in [0.25, 0.3) is 0 Å². The first-order valence-electron chi connectivity index (χ1n) is 7.13. The van der Waals surface area contributed by atoms with Crippen LogP contribution >= 0.6 is 0 Å². The van der Waals surface area contributed by atoms with Crippen LogP contribution in [0.3, 0.4) is 0 Å². The lowest BCUT2D eigenvalue weighted by Gasteiger charge is -2.18. The lowest BCUT2D eigenvalue weighted by Crippen LogP contribution is -2.35. The molecule has 8 heteroatoms. The van der Waals surface area contributed by atoms with E-state index in [0.29, 0.717) is 5.92 Å². The van der Waals surface area contributed by atoms with E-state index in [4.69, 9.17) is 5.73 Å². The van der Waals surface area contributed by atoms with Crippen molar-refractivity contribution in [1.29, 1.82) is 0 Å². The zero-order valence-corrected chi connectivity index (χ0v) is 12.0. The average molecular weight is 303 g/mol. The minimum atomic E-state index is -0.664. The molecule has 2 fully saturated rings. The summed E-state index contributed by atoms with van der Waals surface area (Å²) in [5.41, 5.74) is 5.22. The maximum Gasteiger partial charge on any atom is 0.324 e. The van der Waals surface area contributed by atoms with Crippen molar-refractivity contribution in [2.24, 2.45) is 11.7 Å². The largest absolute Gasteiger partial charge is 0.364 e. The van der Waals surface area contributed by atoms with Gasteiger partial charge in [0.15, 0.2) is 0 Å². The van der Waals surface area contributed by atoms with Gasteiger partial charge in [0, 0.05) is 6.54 Å². The SMILES string of the molecule is NC(=O)c1cccc(NC(=O)N2CC(=O)N(CC3CC3)C2)n1. The van der Waals surface area contributed by atoms with Crippen LogP contribution < -0.4 is 11.1 Å². The highest BCUT2D eigenvalue weighted by Crippen LogP contribution is 2.30. The molecule has 0 aromatic carbocycles. The van der Waals surface area contributed by atoms with Crippen LogP contribution in [0.4, 0.5) is 10.6 Å². The predicted molar refractivity (Wildman–Crippen MR) is 77.8 cm³/mol. The van der Waals surface area contributed by atoms with Crippen LogP contribution in [0.15, 0.2) is 18.2 Å². The second-order valence-electron chi connectivity index (χ2n) is 5.60. The van der Waals surface area contributed by atoms with Crippen LogP contribution in [-0.2, 0) is 4.79 Å². The van der Waals surface area contributed by atoms with Gasteiger partial charge in [0.25, 0.3) is 5.91 Å². The molecule has 0 bridgehead atoms. The van der Waals surface area contributed by atoms with Crippen LogP contribution in [0.1, 0.15) is 23.3 Å². The zero-order chi connectivity index (χ0) is 15.7. The molecular formula is C14H17N5O3. The number of urea groups is 1. The summed E-state index contributed by atoms with van der Waals surface area (Å²) in [6.07, 6.45) is 2.31. The number of anilines is 1. The van der Waals surface area contributed by atoms with Gasteiger partial charge in [0.05, 0.1) is 6.67 Å². The molecule has 0 atom stereocenters. The van der Waals surface area contributed by atoms with Crippen molar-refractivity contribution in [2.75, 3.05) is 25.1 Å². The first-order chi connectivity index (χ1) is 10.5. The summed E-state index contributed by atoms with van der Waals surface area (Å²) < 4.78 is 0. The Bertz CT molecular complexity index is 629. The maximum atomic E-state index is 12.2. The maximum absolute atomic E-state index is 12.2. The number of nitrogens with zero attached hydrogens (tertiary/aromatic N) is 3. The summed E-state index contributed by atoms with van der Waals surface area (Å²) >= 11 is 0. The number of carbonyl (C=O) groups excluding carboxylic acids is 3. The van der Waals surface area contributed by atoms with Gasteiger partial charge in [-0.25, -0.2) is 9.78 Å². The molecule has 1 aliphatic heterocycles. The molecule has 3 rings (SSSR count). The van der Waals surface area contributed by atoms with E-state index in [0.717, 1.165) is 19.4 Å². The summed E-state index contributed by atoms with van der Waals surface area (Å²) in [6.45, 7) is 1.07. The number of nitrogens with two attached hydrogens (primary N) is 1. The number of amides is 4. The van der Waals surface area contributed by atoms with Gasteiger partial charge in [-0.3, -0.25) is 19.8 Å². The van der Waals surface area contributed by atoms with Crippen LogP contribution in [0.5, 0.6) is 0 Å². The van der Waals surface area contributed by atoms with Crippen LogP contribution in [0, 0.1) is 5.92 Å². The third-order valence-corrected chi connectivity index (χ3v) is 3.72. The average Bonchev–Trinajstić information content (AvgIpc) is 3.22. The second-order valence-corrected chi connectivity index (χ2v) is 5.60. The second kappa shape index (κ2) is 5.63. The Kier molecular flexibility index (Phi) is 3.66. The lowest BCUT2D eigenvalue weighted by atomic mass is 10.3. The van der Waals surface area contributed by atoms with Crippen molar-refractivity contribution < 1.29 is 14.4 Å². The van der Waals surface area contributed by atoms with E-state index in [2.05, 4.69) is 10.3 Å². The number of primary amides is 1. The Morgan fingerprint density at radius 2 is 2.14 bits per heavy atom. The number of aromatic nitrogens is 1. The van der Waals surface area contributed by atoms with Gasteiger partial charge >= 0.3 is 6.03 Å². The molecular weight excluding hydrogens is 286 g/mol. The molecule has 4 amide bonds. The molecule has 1 saturated heterocycles. The summed E-state index contributed by atoms with van der Waals surface area (Å²) in [5.74, 6) is 0.110. The lowest BCUT2D eigenvalue weighted by molar-refractivity contribution is -0.126. The monoisotopic (exact) mass is 303 g/mol. The van der Waals surface area contributed by atoms with E-state index in [-0.39, 0.29) is 30.6 Å². The molecule has 1 aromatic rings. The first kappa shape index (κ1) is 14.3. The molecule has 0 radical (unpaired) electrons. The van der Waals surface area contributed by atoms with Crippen molar-refractivity contribution in [3.8, 4) is 0 Å². The smallest absolute Gasteiger partial charge is 0.324 e. The van der Waals surface area contributed by atoms with Gasteiger partial charge in [-0.15, -0.1) is 0 Å². The summed E-state index contributed by atoms with van der Waals surface area (Å²) in [6, 6.07) is 4.19. The van der Waals surface area contributed by atoms with Crippen molar-refractivity contribution in [3.05, 3.63) is 23.9 Å². The third kappa shape index (κ3) is 3.16. The third-order valence-electron chi connectivity index (χ3n) is 3.72. The minimum absolute atomic E-state index is 0.0408. The van der Waals surface area contributed by atoms with Crippen molar-refractivity contribution in [1.82, 2.24) is 14.8 Å². The Morgan fingerprint density at radius 1 is 1.36 bits per heavy atom. The van der Waals surface area contributed by atoms with Gasteiger partial charge in [-0.2, -0.15) is 0 Å². The quantitative estimate of drug-likeness (QED) is 0.829. The van der Waals surface area contributed by atoms with Crippen molar-refractivity contribution in [2.45, 2.75) is 12.8 Å². The van der Waals surface area contributed by atoms with E-state index in [1.54, 1.807) is 17.0 Å². The molecule has 116 valence electrons. The summed E-state index contributed by atoms with van der Waals surface area (Å²) in [5, 5.41) is 2.58. The molecule has 3 N–H and O–H groups in total. The molecule has 1 aliphatic carbocycles. The van der Waals surface area contributed by atoms with Gasteiger partial charge in [0.1, 0.15) is 18.1 Å². The number of carbonyl (C=O) groups is 3. The molecule has 22 heavy (non-hydrogen) atoms. The molecule has 1 saturated carbocycles. The molecule has 2 aliphatic rings. The number of rotatable bonds is 4. The fourth-order valence-electron chi connectivity index (χ4n) is 2.34. The number of pyridine rings is 1. The van der Waals surface area contributed by atoms with Gasteiger partial charge < -0.3 is 10.6 Å². The van der Waals surface area contributed by atoms with E-state index in [9.17, 15) is 14.4 Å². The Labute approximate surface area is 127 Å². The normalized spacial score (nSPS) is 17.7. The van der Waals surface area contributed by atoms with Gasteiger partial charge in [-0.05, 0) is 30.9 Å². The van der Waals surface area contributed by atoms with E-state index in [1.807, 2.05) is 0 Å². The summed E-state index contributed by atoms with van der Waals surface area (Å²) in [7, 11) is 0. The van der Waals surface area contributed by atoms with E-state index < -0.39 is 11.9 Å². The molecule has 0 spiro atoms. The molecule has 8 nitrogen and oxygen atoms in total. The zero-order valence-electron chi connectivity index (χ0n) is 12.0. The minimum Gasteiger partial charge on any atom is -0.364 e. The number of nitrogens with one attached hydrogen (secondary N) is 1. The Morgan fingerprint density at radius 3 is 2.82 bits per heavy atom.